The monoisotopic (exact) mass is 532 g/mol. The third kappa shape index (κ3) is 4.63. The predicted octanol–water partition coefficient (Wildman–Crippen LogP) is 4.01. The summed E-state index contributed by atoms with van der Waals surface area (Å²) in [6, 6.07) is 18.1. The van der Waals surface area contributed by atoms with E-state index in [0.29, 0.717) is 37.7 Å². The number of thiazole rings is 1. The van der Waals surface area contributed by atoms with E-state index in [1.54, 1.807) is 43.9 Å². The molecule has 0 unspecified atom stereocenters. The maximum Gasteiger partial charge on any atom is 0.338 e. The van der Waals surface area contributed by atoms with Crippen LogP contribution in [0.3, 0.4) is 0 Å². The molecule has 7 nitrogen and oxygen atoms in total. The molecular formula is C28H24N2O5S2. The van der Waals surface area contributed by atoms with E-state index in [2.05, 4.69) is 0 Å². The third-order valence-electron chi connectivity index (χ3n) is 5.91. The van der Waals surface area contributed by atoms with E-state index in [1.807, 2.05) is 53.9 Å². The van der Waals surface area contributed by atoms with Gasteiger partial charge in [-0.3, -0.25) is 9.36 Å². The molecular weight excluding hydrogens is 508 g/mol. The summed E-state index contributed by atoms with van der Waals surface area (Å²) in [4.78, 5) is 33.5. The highest BCUT2D eigenvalue weighted by Gasteiger charge is 2.35. The largest absolute Gasteiger partial charge is 0.497 e. The molecule has 0 saturated carbocycles. The summed E-state index contributed by atoms with van der Waals surface area (Å²) in [7, 11) is 3.16. The zero-order chi connectivity index (χ0) is 25.9. The van der Waals surface area contributed by atoms with Crippen LogP contribution in [0.25, 0.3) is 11.8 Å². The Morgan fingerprint density at radius 3 is 2.57 bits per heavy atom. The lowest BCUT2D eigenvalue weighted by Gasteiger charge is -2.24. The van der Waals surface area contributed by atoms with Crippen molar-refractivity contribution in [1.82, 2.24) is 4.57 Å². The number of thiophene rings is 1. The summed E-state index contributed by atoms with van der Waals surface area (Å²) < 4.78 is 18.4. The number of esters is 1. The second-order valence-electron chi connectivity index (χ2n) is 8.05. The molecule has 9 heteroatoms. The van der Waals surface area contributed by atoms with Gasteiger partial charge in [-0.1, -0.05) is 47.7 Å². The molecule has 188 valence electrons. The van der Waals surface area contributed by atoms with Crippen molar-refractivity contribution in [2.75, 3.05) is 20.8 Å². The average Bonchev–Trinajstić information content (AvgIpc) is 3.57. The first-order chi connectivity index (χ1) is 18.0. The second kappa shape index (κ2) is 10.6. The highest BCUT2D eigenvalue weighted by molar-refractivity contribution is 7.10. The Morgan fingerprint density at radius 2 is 1.89 bits per heavy atom. The fourth-order valence-corrected chi connectivity index (χ4v) is 6.07. The van der Waals surface area contributed by atoms with E-state index in [-0.39, 0.29) is 12.2 Å². The number of hydrogen-bond donors (Lipinski definition) is 0. The van der Waals surface area contributed by atoms with Crippen LogP contribution in [-0.2, 0) is 9.53 Å². The van der Waals surface area contributed by atoms with Crippen molar-refractivity contribution < 1.29 is 19.0 Å². The molecule has 0 spiro atoms. The van der Waals surface area contributed by atoms with Gasteiger partial charge >= 0.3 is 5.97 Å². The molecule has 0 fully saturated rings. The molecule has 0 aliphatic carbocycles. The van der Waals surface area contributed by atoms with Crippen molar-refractivity contribution >= 4 is 40.4 Å². The molecule has 3 heterocycles. The minimum Gasteiger partial charge on any atom is -0.497 e. The smallest absolute Gasteiger partial charge is 0.338 e. The maximum absolute atomic E-state index is 13.9. The number of methoxy groups -OCH3 is 2. The summed E-state index contributed by atoms with van der Waals surface area (Å²) in [5.41, 5.74) is 2.07. The molecule has 5 rings (SSSR count). The normalized spacial score (nSPS) is 15.2. The Labute approximate surface area is 221 Å². The molecule has 1 aliphatic rings. The molecule has 2 aromatic carbocycles. The molecule has 4 aromatic rings. The Morgan fingerprint density at radius 1 is 1.08 bits per heavy atom. The molecule has 1 aliphatic heterocycles. The van der Waals surface area contributed by atoms with Crippen molar-refractivity contribution in [3.05, 3.63) is 107 Å². The minimum atomic E-state index is -0.667. The van der Waals surface area contributed by atoms with Crippen LogP contribution >= 0.6 is 22.7 Å². The molecule has 0 radical (unpaired) electrons. The van der Waals surface area contributed by atoms with Gasteiger partial charge in [0.25, 0.3) is 5.56 Å². The molecule has 37 heavy (non-hydrogen) atoms. The van der Waals surface area contributed by atoms with Crippen molar-refractivity contribution in [3.63, 3.8) is 0 Å². The van der Waals surface area contributed by atoms with Crippen LogP contribution in [0.15, 0.2) is 81.4 Å². The summed E-state index contributed by atoms with van der Waals surface area (Å²) >= 11 is 2.74. The first kappa shape index (κ1) is 24.7. The average molecular weight is 533 g/mol. The first-order valence-electron chi connectivity index (χ1n) is 11.6. The third-order valence-corrected chi connectivity index (χ3v) is 7.82. The Kier molecular flexibility index (Phi) is 7.07. The van der Waals surface area contributed by atoms with Gasteiger partial charge in [-0.2, -0.15) is 0 Å². The highest BCUT2D eigenvalue weighted by Crippen LogP contribution is 2.36. The van der Waals surface area contributed by atoms with Crippen LogP contribution < -0.4 is 24.4 Å². The zero-order valence-electron chi connectivity index (χ0n) is 20.5. The molecule has 0 saturated heterocycles. The fraction of sp³-hybridized carbons (Fsp3) is 0.179. The summed E-state index contributed by atoms with van der Waals surface area (Å²) in [5.74, 6) is 0.762. The van der Waals surface area contributed by atoms with Gasteiger partial charge in [-0.05, 0) is 42.6 Å². The topological polar surface area (TPSA) is 79.1 Å². The Bertz CT molecular complexity index is 1650. The number of fused-ring (bicyclic) bond motifs is 1. The molecule has 0 amide bonds. The summed E-state index contributed by atoms with van der Waals surface area (Å²) in [5, 5.41) is 1.93. The quantitative estimate of drug-likeness (QED) is 0.336. The predicted molar refractivity (Wildman–Crippen MR) is 145 cm³/mol. The van der Waals surface area contributed by atoms with Crippen molar-refractivity contribution in [1.29, 1.82) is 0 Å². The maximum atomic E-state index is 13.9. The highest BCUT2D eigenvalue weighted by atomic mass is 32.1. The Balaban J connectivity index is 1.81. The standard InChI is InChI=1S/C28H24N2O5S2/c1-4-35-27(32)23-24(17-9-6-5-7-10-17)29-28-30(25(23)21-11-8-14-36-21)26(31)22(37-28)16-18-15-19(33-2)12-13-20(18)34-3/h5-16,25H,4H2,1-3H3/b22-16+/t25-/m0/s1. The van der Waals surface area contributed by atoms with Crippen LogP contribution in [0.5, 0.6) is 11.5 Å². The van der Waals surface area contributed by atoms with Gasteiger partial charge in [0.2, 0.25) is 0 Å². The number of rotatable bonds is 7. The van der Waals surface area contributed by atoms with Crippen LogP contribution in [0.4, 0.5) is 0 Å². The number of carbonyl (C=O) groups is 1. The van der Waals surface area contributed by atoms with Crippen molar-refractivity contribution in [2.24, 2.45) is 4.99 Å². The Hall–Kier alpha value is -3.95. The van der Waals surface area contributed by atoms with Gasteiger partial charge in [0.1, 0.15) is 17.5 Å². The summed E-state index contributed by atoms with van der Waals surface area (Å²) in [6.07, 6.45) is 1.77. The number of nitrogens with zero attached hydrogens (tertiary/aromatic N) is 2. The van der Waals surface area contributed by atoms with Gasteiger partial charge in [0.15, 0.2) is 4.80 Å². The van der Waals surface area contributed by atoms with Crippen LogP contribution in [0.2, 0.25) is 0 Å². The van der Waals surface area contributed by atoms with Crippen LogP contribution in [0, 0.1) is 0 Å². The molecule has 0 N–H and O–H groups in total. The lowest BCUT2D eigenvalue weighted by Crippen LogP contribution is -2.39. The first-order valence-corrected chi connectivity index (χ1v) is 13.3. The van der Waals surface area contributed by atoms with Gasteiger partial charge in [0.05, 0.1) is 36.6 Å². The van der Waals surface area contributed by atoms with Gasteiger partial charge < -0.3 is 14.2 Å². The lowest BCUT2D eigenvalue weighted by atomic mass is 9.97. The van der Waals surface area contributed by atoms with E-state index < -0.39 is 12.0 Å². The number of benzene rings is 2. The van der Waals surface area contributed by atoms with Crippen molar-refractivity contribution in [3.8, 4) is 11.5 Å². The van der Waals surface area contributed by atoms with Crippen LogP contribution in [-0.4, -0.2) is 31.4 Å². The number of ether oxygens (including phenoxy) is 3. The van der Waals surface area contributed by atoms with E-state index in [1.165, 1.54) is 22.7 Å². The lowest BCUT2D eigenvalue weighted by molar-refractivity contribution is -0.138. The van der Waals surface area contributed by atoms with E-state index in [0.717, 1.165) is 10.4 Å². The van der Waals surface area contributed by atoms with Gasteiger partial charge in [-0.15, -0.1) is 11.3 Å². The number of aromatic nitrogens is 1. The molecule has 1 atom stereocenters. The number of carbonyl (C=O) groups excluding carboxylic acids is 1. The summed E-state index contributed by atoms with van der Waals surface area (Å²) in [6.45, 7) is 1.97. The SMILES string of the molecule is CCOC(=O)C1=C(c2ccccc2)N=c2s/c(=C/c3cc(OC)ccc3OC)c(=O)n2[C@H]1c1cccs1. The van der Waals surface area contributed by atoms with E-state index in [9.17, 15) is 9.59 Å². The van der Waals surface area contributed by atoms with Crippen LogP contribution in [0.1, 0.15) is 29.0 Å². The van der Waals surface area contributed by atoms with E-state index >= 15 is 0 Å². The zero-order valence-corrected chi connectivity index (χ0v) is 22.1. The molecule has 2 aromatic heterocycles. The minimum absolute atomic E-state index is 0.210. The number of hydrogen-bond acceptors (Lipinski definition) is 8. The van der Waals surface area contributed by atoms with Gasteiger partial charge in [0, 0.05) is 16.0 Å². The second-order valence-corrected chi connectivity index (χ2v) is 10.0. The van der Waals surface area contributed by atoms with Gasteiger partial charge in [-0.25, -0.2) is 9.79 Å². The van der Waals surface area contributed by atoms with E-state index in [4.69, 9.17) is 19.2 Å². The fourth-order valence-electron chi connectivity index (χ4n) is 4.25. The molecule has 0 bridgehead atoms. The van der Waals surface area contributed by atoms with Crippen molar-refractivity contribution in [2.45, 2.75) is 13.0 Å².